The molecule has 3 rings (SSSR count). The maximum Gasteiger partial charge on any atom is 0.274 e. The third kappa shape index (κ3) is 5.01. The van der Waals surface area contributed by atoms with Gasteiger partial charge < -0.3 is 9.64 Å². The number of hydrogen-bond donors (Lipinski definition) is 1. The maximum atomic E-state index is 12.6. The molecule has 0 bridgehead atoms. The Balaban J connectivity index is 1.48. The molecule has 0 spiro atoms. The summed E-state index contributed by atoms with van der Waals surface area (Å²) in [5.74, 6) is 0.830. The molecule has 1 aliphatic rings. The number of rotatable bonds is 7. The zero-order valence-corrected chi connectivity index (χ0v) is 16.0. The molecule has 2 aromatic rings. The third-order valence-corrected chi connectivity index (χ3v) is 5.00. The monoisotopic (exact) mass is 375 g/mol. The largest absolute Gasteiger partial charge is 0.490 e. The van der Waals surface area contributed by atoms with E-state index in [1.165, 1.54) is 12.8 Å². The Kier molecular flexibility index (Phi) is 6.56. The average Bonchev–Trinajstić information content (AvgIpc) is 3.13. The van der Waals surface area contributed by atoms with Crippen molar-refractivity contribution in [3.8, 4) is 5.75 Å². The number of H-pyrrole nitrogens is 1. The quantitative estimate of drug-likeness (QED) is 0.726. The third-order valence-electron chi connectivity index (χ3n) is 4.75. The molecule has 0 radical (unpaired) electrons. The van der Waals surface area contributed by atoms with Gasteiger partial charge in [0.05, 0.1) is 0 Å². The van der Waals surface area contributed by atoms with Crippen molar-refractivity contribution in [3.63, 3.8) is 0 Å². The van der Waals surface area contributed by atoms with Crippen LogP contribution < -0.4 is 4.74 Å². The molecule has 1 aliphatic heterocycles. The van der Waals surface area contributed by atoms with Crippen LogP contribution >= 0.6 is 11.6 Å². The van der Waals surface area contributed by atoms with Crippen molar-refractivity contribution in [3.05, 3.63) is 46.7 Å². The number of hydrogen-bond acceptors (Lipinski definition) is 3. The van der Waals surface area contributed by atoms with Crippen LogP contribution in [0.1, 0.15) is 55.2 Å². The highest BCUT2D eigenvalue weighted by molar-refractivity contribution is 6.30. The van der Waals surface area contributed by atoms with Gasteiger partial charge in [-0.25, -0.2) is 0 Å². The van der Waals surface area contributed by atoms with Gasteiger partial charge in [-0.05, 0) is 43.2 Å². The number of aromatic nitrogens is 2. The maximum absolute atomic E-state index is 12.6. The Morgan fingerprint density at radius 2 is 2.00 bits per heavy atom. The SMILES string of the molecule is CCCCCc1cc(C(=O)N2CCC(Oc3ccc(Cl)cc3)CC2)n[nH]1. The first-order valence-corrected chi connectivity index (χ1v) is 9.79. The fourth-order valence-corrected chi connectivity index (χ4v) is 3.34. The minimum Gasteiger partial charge on any atom is -0.490 e. The second-order valence-corrected chi connectivity index (χ2v) is 7.24. The summed E-state index contributed by atoms with van der Waals surface area (Å²) >= 11 is 5.90. The number of carbonyl (C=O) groups excluding carboxylic acids is 1. The summed E-state index contributed by atoms with van der Waals surface area (Å²) < 4.78 is 5.98. The second-order valence-electron chi connectivity index (χ2n) is 6.80. The Hall–Kier alpha value is -2.01. The van der Waals surface area contributed by atoms with E-state index in [9.17, 15) is 4.79 Å². The number of likely N-dealkylation sites (tertiary alicyclic amines) is 1. The molecule has 0 unspecified atom stereocenters. The van der Waals surface area contributed by atoms with Gasteiger partial charge in [0.2, 0.25) is 0 Å². The van der Waals surface area contributed by atoms with E-state index >= 15 is 0 Å². The fraction of sp³-hybridized carbons (Fsp3) is 0.500. The lowest BCUT2D eigenvalue weighted by Gasteiger charge is -2.31. The van der Waals surface area contributed by atoms with E-state index in [1.54, 1.807) is 0 Å². The van der Waals surface area contributed by atoms with E-state index in [1.807, 2.05) is 35.2 Å². The highest BCUT2D eigenvalue weighted by Crippen LogP contribution is 2.22. The number of benzene rings is 1. The molecule has 1 fully saturated rings. The lowest BCUT2D eigenvalue weighted by molar-refractivity contribution is 0.0590. The number of carbonyl (C=O) groups is 1. The molecular formula is C20H26ClN3O2. The van der Waals surface area contributed by atoms with Gasteiger partial charge >= 0.3 is 0 Å². The zero-order valence-electron chi connectivity index (χ0n) is 15.2. The molecular weight excluding hydrogens is 350 g/mol. The minimum absolute atomic E-state index is 0.00735. The highest BCUT2D eigenvalue weighted by atomic mass is 35.5. The molecule has 1 amide bonds. The summed E-state index contributed by atoms with van der Waals surface area (Å²) in [4.78, 5) is 14.5. The first-order chi connectivity index (χ1) is 12.7. The zero-order chi connectivity index (χ0) is 18.4. The first-order valence-electron chi connectivity index (χ1n) is 9.41. The topological polar surface area (TPSA) is 58.2 Å². The van der Waals surface area contributed by atoms with Gasteiger partial charge in [-0.2, -0.15) is 5.10 Å². The van der Waals surface area contributed by atoms with Crippen molar-refractivity contribution in [2.24, 2.45) is 0 Å². The highest BCUT2D eigenvalue weighted by Gasteiger charge is 2.26. The average molecular weight is 376 g/mol. The molecule has 140 valence electrons. The van der Waals surface area contributed by atoms with Crippen LogP contribution in [0, 0.1) is 0 Å². The van der Waals surface area contributed by atoms with Gasteiger partial charge in [0, 0.05) is 36.6 Å². The number of ether oxygens (including phenoxy) is 1. The van der Waals surface area contributed by atoms with Gasteiger partial charge in [-0.3, -0.25) is 9.89 Å². The Bertz CT molecular complexity index is 706. The summed E-state index contributed by atoms with van der Waals surface area (Å²) in [6.07, 6.45) is 6.23. The molecule has 2 heterocycles. The van der Waals surface area contributed by atoms with Crippen molar-refractivity contribution in [1.82, 2.24) is 15.1 Å². The number of nitrogens with one attached hydrogen (secondary N) is 1. The van der Waals surface area contributed by atoms with E-state index in [4.69, 9.17) is 16.3 Å². The Morgan fingerprint density at radius 1 is 1.27 bits per heavy atom. The fourth-order valence-electron chi connectivity index (χ4n) is 3.21. The molecule has 1 aromatic carbocycles. The van der Waals surface area contributed by atoms with Crippen molar-refractivity contribution < 1.29 is 9.53 Å². The Labute approximate surface area is 159 Å². The molecule has 6 heteroatoms. The second kappa shape index (κ2) is 9.08. The summed E-state index contributed by atoms with van der Waals surface area (Å²) in [6.45, 7) is 3.56. The first kappa shape index (κ1) is 18.8. The molecule has 5 nitrogen and oxygen atoms in total. The van der Waals surface area contributed by atoms with Crippen LogP contribution in [0.2, 0.25) is 5.02 Å². The number of amides is 1. The van der Waals surface area contributed by atoms with Crippen LogP contribution in [0.4, 0.5) is 0 Å². The van der Waals surface area contributed by atoms with Crippen molar-refractivity contribution in [2.45, 2.75) is 51.6 Å². The summed E-state index contributed by atoms with van der Waals surface area (Å²) in [7, 11) is 0. The van der Waals surface area contributed by atoms with E-state index in [-0.39, 0.29) is 12.0 Å². The molecule has 0 aliphatic carbocycles. The smallest absolute Gasteiger partial charge is 0.274 e. The number of nitrogens with zero attached hydrogens (tertiary/aromatic N) is 2. The van der Waals surface area contributed by atoms with E-state index in [0.29, 0.717) is 23.8 Å². The van der Waals surface area contributed by atoms with E-state index in [2.05, 4.69) is 17.1 Å². The lowest BCUT2D eigenvalue weighted by Crippen LogP contribution is -2.41. The molecule has 0 atom stereocenters. The standard InChI is InChI=1S/C20H26ClN3O2/c1-2-3-4-5-16-14-19(23-22-16)20(25)24-12-10-18(11-13-24)26-17-8-6-15(21)7-9-17/h6-9,14,18H,2-5,10-13H2,1H3,(H,22,23). The van der Waals surface area contributed by atoms with Crippen molar-refractivity contribution in [2.75, 3.05) is 13.1 Å². The molecule has 1 N–H and O–H groups in total. The molecule has 26 heavy (non-hydrogen) atoms. The number of unbranched alkanes of at least 4 members (excludes halogenated alkanes) is 2. The van der Waals surface area contributed by atoms with Crippen LogP contribution in [0.3, 0.4) is 0 Å². The number of piperidine rings is 1. The lowest BCUT2D eigenvalue weighted by atomic mass is 10.1. The van der Waals surface area contributed by atoms with Gasteiger partial charge in [0.25, 0.3) is 5.91 Å². The molecule has 1 aromatic heterocycles. The Morgan fingerprint density at radius 3 is 2.69 bits per heavy atom. The van der Waals surface area contributed by atoms with Crippen LogP contribution in [-0.2, 0) is 6.42 Å². The van der Waals surface area contributed by atoms with Gasteiger partial charge in [-0.1, -0.05) is 31.4 Å². The van der Waals surface area contributed by atoms with Crippen LogP contribution in [0.5, 0.6) is 5.75 Å². The molecule has 1 saturated heterocycles. The van der Waals surface area contributed by atoms with Crippen molar-refractivity contribution in [1.29, 1.82) is 0 Å². The minimum atomic E-state index is 0.00735. The number of halogens is 1. The summed E-state index contributed by atoms with van der Waals surface area (Å²) in [5, 5.41) is 7.90. The van der Waals surface area contributed by atoms with Crippen molar-refractivity contribution >= 4 is 17.5 Å². The van der Waals surface area contributed by atoms with E-state index in [0.717, 1.165) is 37.1 Å². The van der Waals surface area contributed by atoms with Gasteiger partial charge in [-0.15, -0.1) is 0 Å². The van der Waals surface area contributed by atoms with Crippen LogP contribution in [-0.4, -0.2) is 40.2 Å². The predicted octanol–water partition coefficient (Wildman–Crippen LogP) is 4.48. The van der Waals surface area contributed by atoms with Gasteiger partial charge in [0.1, 0.15) is 17.5 Å². The summed E-state index contributed by atoms with van der Waals surface area (Å²) in [6, 6.07) is 9.30. The predicted molar refractivity (Wildman–Crippen MR) is 103 cm³/mol. The molecule has 0 saturated carbocycles. The summed E-state index contributed by atoms with van der Waals surface area (Å²) in [5.41, 5.74) is 1.57. The van der Waals surface area contributed by atoms with Gasteiger partial charge in [0.15, 0.2) is 0 Å². The van der Waals surface area contributed by atoms with Crippen LogP contribution in [0.15, 0.2) is 30.3 Å². The number of aromatic amines is 1. The normalized spacial score (nSPS) is 15.2. The number of aryl methyl sites for hydroxylation is 1. The van der Waals surface area contributed by atoms with E-state index < -0.39 is 0 Å². The van der Waals surface area contributed by atoms with Crippen LogP contribution in [0.25, 0.3) is 0 Å².